The lowest BCUT2D eigenvalue weighted by atomic mass is 9.96. The molecule has 1 aliphatic rings. The van der Waals surface area contributed by atoms with Gasteiger partial charge in [0, 0.05) is 30.6 Å². The number of benzene rings is 1. The number of ether oxygens (including phenoxy) is 4. The molecule has 9 heteroatoms. The van der Waals surface area contributed by atoms with Crippen LogP contribution in [0.2, 0.25) is 5.02 Å². The Kier molecular flexibility index (Phi) is 9.70. The summed E-state index contributed by atoms with van der Waals surface area (Å²) in [5, 5.41) is 0.564. The molecular formula is C27H32ClNO7. The van der Waals surface area contributed by atoms with Crippen molar-refractivity contribution in [1.82, 2.24) is 4.98 Å². The van der Waals surface area contributed by atoms with Gasteiger partial charge < -0.3 is 18.9 Å². The van der Waals surface area contributed by atoms with Crippen LogP contribution in [-0.4, -0.2) is 42.0 Å². The van der Waals surface area contributed by atoms with Crippen molar-refractivity contribution in [3.05, 3.63) is 47.2 Å². The third-order valence-electron chi connectivity index (χ3n) is 6.19. The lowest BCUT2D eigenvalue weighted by Gasteiger charge is -2.30. The number of aromatic nitrogens is 1. The number of Topliss-reactive ketones (excluding diaryl/α,β-unsaturated/α-hetero) is 1. The van der Waals surface area contributed by atoms with Gasteiger partial charge in [0.15, 0.2) is 17.2 Å². The van der Waals surface area contributed by atoms with Crippen molar-refractivity contribution in [3.8, 4) is 17.2 Å². The molecule has 0 radical (unpaired) electrons. The molecule has 0 spiro atoms. The van der Waals surface area contributed by atoms with Crippen molar-refractivity contribution in [1.29, 1.82) is 0 Å². The number of methoxy groups -OCH3 is 1. The minimum atomic E-state index is -0.756. The molecule has 1 heterocycles. The summed E-state index contributed by atoms with van der Waals surface area (Å²) in [6.07, 6.45) is 4.50. The molecule has 8 nitrogen and oxygen atoms in total. The van der Waals surface area contributed by atoms with Crippen molar-refractivity contribution < 1.29 is 33.3 Å². The molecule has 0 aliphatic heterocycles. The van der Waals surface area contributed by atoms with E-state index in [4.69, 9.17) is 30.5 Å². The Morgan fingerprint density at radius 2 is 1.86 bits per heavy atom. The van der Waals surface area contributed by atoms with Crippen molar-refractivity contribution in [2.45, 2.75) is 65.1 Å². The summed E-state index contributed by atoms with van der Waals surface area (Å²) in [7, 11) is 1.39. The number of carbonyl (C=O) groups excluding carboxylic acids is 3. The fourth-order valence-electron chi connectivity index (χ4n) is 4.42. The number of halogens is 1. The van der Waals surface area contributed by atoms with E-state index in [2.05, 4.69) is 4.98 Å². The monoisotopic (exact) mass is 517 g/mol. The van der Waals surface area contributed by atoms with Crippen molar-refractivity contribution >= 4 is 29.3 Å². The molecule has 3 rings (SSSR count). The van der Waals surface area contributed by atoms with Gasteiger partial charge in [-0.3, -0.25) is 14.4 Å². The Balaban J connectivity index is 1.69. The molecular weight excluding hydrogens is 486 g/mol. The Hall–Kier alpha value is -3.13. The minimum absolute atomic E-state index is 0.0670. The van der Waals surface area contributed by atoms with Crippen LogP contribution in [0.3, 0.4) is 0 Å². The highest BCUT2D eigenvalue weighted by Gasteiger charge is 2.35. The van der Waals surface area contributed by atoms with Crippen molar-refractivity contribution in [3.63, 3.8) is 0 Å². The summed E-state index contributed by atoms with van der Waals surface area (Å²) in [6.45, 7) is 4.64. The highest BCUT2D eigenvalue weighted by Crippen LogP contribution is 2.34. The molecule has 0 bridgehead atoms. The van der Waals surface area contributed by atoms with Crippen LogP contribution in [0.25, 0.3) is 0 Å². The Bertz CT molecular complexity index is 1080. The fraction of sp³-hybridized carbons (Fsp3) is 0.481. The quantitative estimate of drug-likeness (QED) is 0.286. The molecule has 1 saturated carbocycles. The van der Waals surface area contributed by atoms with E-state index in [0.29, 0.717) is 10.8 Å². The zero-order valence-corrected chi connectivity index (χ0v) is 21.7. The molecule has 0 unspecified atom stereocenters. The second-order valence-electron chi connectivity index (χ2n) is 9.04. The second kappa shape index (κ2) is 12.7. The van der Waals surface area contributed by atoms with E-state index >= 15 is 0 Å². The van der Waals surface area contributed by atoms with Crippen molar-refractivity contribution in [2.75, 3.05) is 7.11 Å². The Morgan fingerprint density at radius 3 is 2.50 bits per heavy atom. The molecule has 3 atom stereocenters. The molecule has 1 aliphatic carbocycles. The van der Waals surface area contributed by atoms with Gasteiger partial charge in [-0.25, -0.2) is 4.98 Å². The van der Waals surface area contributed by atoms with Gasteiger partial charge in [0.2, 0.25) is 5.75 Å². The van der Waals surface area contributed by atoms with Crippen LogP contribution in [0.15, 0.2) is 36.5 Å². The molecule has 2 aromatic rings. The number of hydrogen-bond acceptors (Lipinski definition) is 8. The average molecular weight is 518 g/mol. The molecule has 0 saturated heterocycles. The van der Waals surface area contributed by atoms with Crippen LogP contribution in [0.1, 0.15) is 63.4 Å². The van der Waals surface area contributed by atoms with Gasteiger partial charge in [-0.2, -0.15) is 0 Å². The predicted octanol–water partition coefficient (Wildman–Crippen LogP) is 5.45. The highest BCUT2D eigenvalue weighted by molar-refractivity contribution is 6.30. The summed E-state index contributed by atoms with van der Waals surface area (Å²) in [6, 6.07) is 8.62. The summed E-state index contributed by atoms with van der Waals surface area (Å²) in [5.41, 5.74) is -0.0784. The Morgan fingerprint density at radius 1 is 1.14 bits per heavy atom. The molecule has 1 aromatic carbocycles. The maximum absolute atomic E-state index is 13.0. The third kappa shape index (κ3) is 7.20. The molecule has 36 heavy (non-hydrogen) atoms. The lowest BCUT2D eigenvalue weighted by molar-refractivity contribution is -0.158. The van der Waals surface area contributed by atoms with E-state index in [9.17, 15) is 14.4 Å². The Labute approximate surface area is 216 Å². The first-order chi connectivity index (χ1) is 17.2. The van der Waals surface area contributed by atoms with Gasteiger partial charge in [0.05, 0.1) is 13.0 Å². The van der Waals surface area contributed by atoms with E-state index < -0.39 is 29.7 Å². The maximum atomic E-state index is 13.0. The molecule has 1 fully saturated rings. The van der Waals surface area contributed by atoms with Gasteiger partial charge >= 0.3 is 11.9 Å². The second-order valence-corrected chi connectivity index (χ2v) is 9.48. The van der Waals surface area contributed by atoms with E-state index in [1.165, 1.54) is 26.3 Å². The largest absolute Gasteiger partial charge is 0.493 e. The number of hydrogen-bond donors (Lipinski definition) is 0. The average Bonchev–Trinajstić information content (AvgIpc) is 3.36. The van der Waals surface area contributed by atoms with Crippen LogP contribution in [0.4, 0.5) is 0 Å². The number of carbonyl (C=O) groups is 3. The van der Waals surface area contributed by atoms with Crippen LogP contribution < -0.4 is 14.2 Å². The van der Waals surface area contributed by atoms with E-state index in [1.54, 1.807) is 19.1 Å². The van der Waals surface area contributed by atoms with Gasteiger partial charge in [-0.1, -0.05) is 37.4 Å². The molecule has 0 N–H and O–H groups in total. The smallest absolute Gasteiger partial charge is 0.309 e. The van der Waals surface area contributed by atoms with E-state index in [1.807, 2.05) is 19.1 Å². The number of esters is 2. The van der Waals surface area contributed by atoms with Gasteiger partial charge in [0.1, 0.15) is 18.0 Å². The van der Waals surface area contributed by atoms with E-state index in [-0.39, 0.29) is 35.6 Å². The summed E-state index contributed by atoms with van der Waals surface area (Å²) < 4.78 is 22.4. The van der Waals surface area contributed by atoms with Gasteiger partial charge in [0.25, 0.3) is 0 Å². The van der Waals surface area contributed by atoms with Crippen molar-refractivity contribution in [2.24, 2.45) is 11.8 Å². The normalized spacial score (nSPS) is 16.0. The topological polar surface area (TPSA) is 101 Å². The zero-order valence-electron chi connectivity index (χ0n) is 21.0. The third-order valence-corrected chi connectivity index (χ3v) is 6.42. The fourth-order valence-corrected chi connectivity index (χ4v) is 4.60. The molecule has 0 amide bonds. The lowest BCUT2D eigenvalue weighted by Crippen LogP contribution is -2.40. The van der Waals surface area contributed by atoms with Crippen LogP contribution >= 0.6 is 11.6 Å². The SMILES string of the molecule is COc1ccnc(C(=O)C[C@@H](C)C(=O)O[C@@H](C)[C@H](Oc2cccc(Cl)c2)C2CCCC2)c1OC(C)=O. The summed E-state index contributed by atoms with van der Waals surface area (Å²) in [4.78, 5) is 41.5. The zero-order chi connectivity index (χ0) is 26.2. The van der Waals surface area contributed by atoms with Crippen LogP contribution in [0.5, 0.6) is 17.2 Å². The summed E-state index contributed by atoms with van der Waals surface area (Å²) in [5.74, 6) is -1.37. The number of rotatable bonds is 11. The number of pyridine rings is 1. The standard InChI is InChI=1S/C27H32ClNO7/c1-16(14-22(31)24-26(35-18(3)30)23(33-4)12-13-29-24)27(32)34-17(2)25(19-8-5-6-9-19)36-21-11-7-10-20(28)15-21/h7,10-13,15-17,19,25H,5-6,8-9,14H2,1-4H3/t16-,17+,25+/m1/s1. The minimum Gasteiger partial charge on any atom is -0.493 e. The summed E-state index contributed by atoms with van der Waals surface area (Å²) >= 11 is 6.11. The van der Waals surface area contributed by atoms with E-state index in [0.717, 1.165) is 25.7 Å². The highest BCUT2D eigenvalue weighted by atomic mass is 35.5. The molecule has 194 valence electrons. The maximum Gasteiger partial charge on any atom is 0.309 e. The number of ketones is 1. The van der Waals surface area contributed by atoms with Gasteiger partial charge in [-0.05, 0) is 43.9 Å². The predicted molar refractivity (Wildman–Crippen MR) is 134 cm³/mol. The molecule has 1 aromatic heterocycles. The van der Waals surface area contributed by atoms with Gasteiger partial charge in [-0.15, -0.1) is 0 Å². The van der Waals surface area contributed by atoms with Crippen LogP contribution in [0, 0.1) is 11.8 Å². The first-order valence-corrected chi connectivity index (χ1v) is 12.4. The number of nitrogens with zero attached hydrogens (tertiary/aromatic N) is 1. The van der Waals surface area contributed by atoms with Crippen LogP contribution in [-0.2, 0) is 14.3 Å². The first-order valence-electron chi connectivity index (χ1n) is 12.1. The first kappa shape index (κ1) is 27.5.